The van der Waals surface area contributed by atoms with Crippen LogP contribution in [0.1, 0.15) is 11.1 Å². The van der Waals surface area contributed by atoms with Gasteiger partial charge in [-0.2, -0.15) is 0 Å². The normalized spacial score (nSPS) is 11.2. The first-order chi connectivity index (χ1) is 29.1. The van der Waals surface area contributed by atoms with E-state index in [2.05, 4.69) is 253 Å². The van der Waals surface area contributed by atoms with Gasteiger partial charge >= 0.3 is 0 Å². The van der Waals surface area contributed by atoms with Crippen molar-refractivity contribution in [2.45, 2.75) is 13.8 Å². The molecule has 0 fully saturated rings. The van der Waals surface area contributed by atoms with Crippen molar-refractivity contribution in [1.29, 1.82) is 0 Å². The van der Waals surface area contributed by atoms with E-state index in [0.29, 0.717) is 0 Å². The highest BCUT2D eigenvalue weighted by molar-refractivity contribution is 6.16. The van der Waals surface area contributed by atoms with Gasteiger partial charge in [0.1, 0.15) is 0 Å². The van der Waals surface area contributed by atoms with Gasteiger partial charge in [-0.05, 0) is 127 Å². The average molecular weight is 758 g/mol. The molecule has 0 saturated carbocycles. The van der Waals surface area contributed by atoms with Crippen LogP contribution in [-0.2, 0) is 0 Å². The Labute approximate surface area is 346 Å². The van der Waals surface area contributed by atoms with Crippen LogP contribution in [0.15, 0.2) is 224 Å². The Morgan fingerprint density at radius 3 is 1.20 bits per heavy atom. The predicted molar refractivity (Wildman–Crippen MR) is 250 cm³/mol. The Morgan fingerprint density at radius 1 is 0.305 bits per heavy atom. The van der Waals surface area contributed by atoms with Crippen molar-refractivity contribution in [3.63, 3.8) is 0 Å². The Kier molecular flexibility index (Phi) is 9.32. The van der Waals surface area contributed by atoms with Gasteiger partial charge in [-0.3, -0.25) is 0 Å². The number of benzene rings is 9. The van der Waals surface area contributed by atoms with Crippen molar-refractivity contribution >= 4 is 55.9 Å². The van der Waals surface area contributed by atoms with Gasteiger partial charge in [0.05, 0.1) is 16.7 Å². The lowest BCUT2D eigenvalue weighted by Gasteiger charge is -2.27. The largest absolute Gasteiger partial charge is 0.311 e. The van der Waals surface area contributed by atoms with E-state index in [1.165, 1.54) is 44.2 Å². The third kappa shape index (κ3) is 6.83. The maximum Gasteiger partial charge on any atom is 0.0562 e. The zero-order valence-corrected chi connectivity index (χ0v) is 33.2. The molecule has 9 aromatic carbocycles. The summed E-state index contributed by atoms with van der Waals surface area (Å²) in [5.41, 5.74) is 17.4. The molecule has 282 valence electrons. The summed E-state index contributed by atoms with van der Waals surface area (Å²) in [5, 5.41) is 2.42. The molecule has 0 radical (unpaired) electrons. The number of fused-ring (bicyclic) bond motifs is 3. The second kappa shape index (κ2) is 15.4. The molecule has 59 heavy (non-hydrogen) atoms. The molecule has 0 N–H and O–H groups in total. The molecule has 1 aromatic heterocycles. The Bertz CT molecular complexity index is 3000. The third-order valence-electron chi connectivity index (χ3n) is 11.3. The molecule has 0 unspecified atom stereocenters. The van der Waals surface area contributed by atoms with Crippen LogP contribution in [0, 0.1) is 13.8 Å². The predicted octanol–water partition coefficient (Wildman–Crippen LogP) is 15.7. The monoisotopic (exact) mass is 757 g/mol. The standard InChI is InChI=1S/C56H43N3/c1-40-20-28-46(29-21-40)57(47-32-24-44(25-33-47)42-12-5-3-6-13-42)48-36-38-51(39-37-48)59-53-17-10-9-16-52(53)56-54(18-11-19-55(56)59)58(49-30-22-41(2)23-31-49)50-34-26-45(27-35-50)43-14-7-4-8-15-43/h3-39H,1-2H3. The van der Waals surface area contributed by atoms with Crippen molar-refractivity contribution in [2.24, 2.45) is 0 Å². The van der Waals surface area contributed by atoms with Gasteiger partial charge < -0.3 is 14.4 Å². The van der Waals surface area contributed by atoms with Gasteiger partial charge in [-0.25, -0.2) is 0 Å². The molecule has 0 spiro atoms. The van der Waals surface area contributed by atoms with Crippen LogP contribution in [0.4, 0.5) is 34.1 Å². The first kappa shape index (κ1) is 35.8. The molecule has 0 saturated heterocycles. The van der Waals surface area contributed by atoms with E-state index in [4.69, 9.17) is 0 Å². The molecule has 3 nitrogen and oxygen atoms in total. The summed E-state index contributed by atoms with van der Waals surface area (Å²) in [7, 11) is 0. The Balaban J connectivity index is 1.09. The van der Waals surface area contributed by atoms with Crippen LogP contribution < -0.4 is 9.80 Å². The van der Waals surface area contributed by atoms with Gasteiger partial charge in [0, 0.05) is 44.9 Å². The van der Waals surface area contributed by atoms with E-state index in [1.807, 2.05) is 0 Å². The van der Waals surface area contributed by atoms with Crippen molar-refractivity contribution < 1.29 is 0 Å². The number of hydrogen-bond acceptors (Lipinski definition) is 2. The minimum atomic E-state index is 1.09. The molecule has 0 bridgehead atoms. The Morgan fingerprint density at radius 2 is 0.695 bits per heavy atom. The molecular weight excluding hydrogens is 715 g/mol. The second-order valence-corrected chi connectivity index (χ2v) is 15.2. The van der Waals surface area contributed by atoms with Crippen molar-refractivity contribution in [2.75, 3.05) is 9.80 Å². The topological polar surface area (TPSA) is 11.4 Å². The molecular formula is C56H43N3. The first-order valence-electron chi connectivity index (χ1n) is 20.3. The van der Waals surface area contributed by atoms with Gasteiger partial charge in [-0.1, -0.05) is 145 Å². The lowest BCUT2D eigenvalue weighted by Crippen LogP contribution is -2.10. The van der Waals surface area contributed by atoms with Crippen molar-refractivity contribution in [3.05, 3.63) is 236 Å². The van der Waals surface area contributed by atoms with E-state index in [9.17, 15) is 0 Å². The zero-order valence-electron chi connectivity index (χ0n) is 33.2. The van der Waals surface area contributed by atoms with Crippen molar-refractivity contribution in [3.8, 4) is 27.9 Å². The number of nitrogens with zero attached hydrogens (tertiary/aromatic N) is 3. The van der Waals surface area contributed by atoms with Gasteiger partial charge in [0.2, 0.25) is 0 Å². The molecule has 1 heterocycles. The van der Waals surface area contributed by atoms with E-state index in [-0.39, 0.29) is 0 Å². The number of hydrogen-bond donors (Lipinski definition) is 0. The van der Waals surface area contributed by atoms with Crippen LogP contribution in [-0.4, -0.2) is 4.57 Å². The number of anilines is 6. The fourth-order valence-corrected chi connectivity index (χ4v) is 8.34. The SMILES string of the molecule is Cc1ccc(N(c2ccc(-c3ccccc3)cc2)c2ccc(-n3c4ccccc4c4c(N(c5ccc(C)cc5)c5ccc(-c6ccccc6)cc5)cccc43)cc2)cc1. The third-order valence-corrected chi connectivity index (χ3v) is 11.3. The minimum absolute atomic E-state index is 1.09. The summed E-state index contributed by atoms with van der Waals surface area (Å²) < 4.78 is 2.41. The fraction of sp³-hybridized carbons (Fsp3) is 0.0357. The molecule has 0 aliphatic rings. The summed E-state index contributed by atoms with van der Waals surface area (Å²) in [6, 6.07) is 81.1. The summed E-state index contributed by atoms with van der Waals surface area (Å²) in [4.78, 5) is 4.74. The van der Waals surface area contributed by atoms with Crippen molar-refractivity contribution in [1.82, 2.24) is 4.57 Å². The highest BCUT2D eigenvalue weighted by atomic mass is 15.2. The van der Waals surface area contributed by atoms with Crippen LogP contribution in [0.3, 0.4) is 0 Å². The quantitative estimate of drug-likeness (QED) is 0.145. The van der Waals surface area contributed by atoms with Crippen LogP contribution in [0.2, 0.25) is 0 Å². The molecule has 10 aromatic rings. The maximum absolute atomic E-state index is 2.41. The zero-order chi connectivity index (χ0) is 39.7. The van der Waals surface area contributed by atoms with E-state index in [1.54, 1.807) is 0 Å². The van der Waals surface area contributed by atoms with E-state index in [0.717, 1.165) is 50.8 Å². The number of para-hydroxylation sites is 1. The summed E-state index contributed by atoms with van der Waals surface area (Å²) in [6.45, 7) is 4.28. The number of rotatable bonds is 9. The van der Waals surface area contributed by atoms with E-state index >= 15 is 0 Å². The first-order valence-corrected chi connectivity index (χ1v) is 20.3. The van der Waals surface area contributed by atoms with Crippen LogP contribution >= 0.6 is 0 Å². The lowest BCUT2D eigenvalue weighted by atomic mass is 10.0. The maximum atomic E-state index is 2.41. The minimum Gasteiger partial charge on any atom is -0.311 e. The molecule has 0 atom stereocenters. The lowest BCUT2D eigenvalue weighted by molar-refractivity contribution is 1.17. The fourth-order valence-electron chi connectivity index (χ4n) is 8.34. The Hall–Kier alpha value is -7.62. The van der Waals surface area contributed by atoms with Gasteiger partial charge in [0.15, 0.2) is 0 Å². The number of aryl methyl sites for hydroxylation is 2. The summed E-state index contributed by atoms with van der Waals surface area (Å²) in [6.07, 6.45) is 0. The second-order valence-electron chi connectivity index (χ2n) is 15.2. The summed E-state index contributed by atoms with van der Waals surface area (Å²) >= 11 is 0. The van der Waals surface area contributed by atoms with Gasteiger partial charge in [-0.15, -0.1) is 0 Å². The molecule has 3 heteroatoms. The molecule has 0 amide bonds. The number of aromatic nitrogens is 1. The van der Waals surface area contributed by atoms with Crippen LogP contribution in [0.5, 0.6) is 0 Å². The van der Waals surface area contributed by atoms with E-state index < -0.39 is 0 Å². The van der Waals surface area contributed by atoms with Gasteiger partial charge in [0.25, 0.3) is 0 Å². The molecule has 0 aliphatic carbocycles. The molecule has 10 rings (SSSR count). The summed E-state index contributed by atoms with van der Waals surface area (Å²) in [5.74, 6) is 0. The highest BCUT2D eigenvalue weighted by Crippen LogP contribution is 2.45. The molecule has 0 aliphatic heterocycles. The highest BCUT2D eigenvalue weighted by Gasteiger charge is 2.21. The average Bonchev–Trinajstić information content (AvgIpc) is 3.64. The van der Waals surface area contributed by atoms with Crippen LogP contribution in [0.25, 0.3) is 49.7 Å². The smallest absolute Gasteiger partial charge is 0.0562 e.